The molecule has 1 rings (SSSR count). The van der Waals surface area contributed by atoms with Crippen LogP contribution in [-0.2, 0) is 4.79 Å². The van der Waals surface area contributed by atoms with Crippen molar-refractivity contribution < 1.29 is 9.90 Å². The van der Waals surface area contributed by atoms with Gasteiger partial charge in [-0.1, -0.05) is 36.4 Å². The molecule has 0 amide bonds. The fourth-order valence-electron chi connectivity index (χ4n) is 1.92. The number of allylic oxidation sites excluding steroid dienone is 2. The number of carbonyl (C=O) groups is 1. The Bertz CT molecular complexity index is 455. The standard InChI is InChI=1S/C17H20O2/c1-3-5-6-7-15(4-2)16-11-8-14(9-12-16)10-13-17(18)19/h3-4,8-13,15H,1-2,5-7H2,(H,18,19)/b13-10+. The van der Waals surface area contributed by atoms with Crippen LogP contribution in [0.4, 0.5) is 0 Å². The third-order valence-corrected chi connectivity index (χ3v) is 2.99. The predicted octanol–water partition coefficient (Wildman–Crippen LogP) is 4.41. The minimum Gasteiger partial charge on any atom is -0.478 e. The fourth-order valence-corrected chi connectivity index (χ4v) is 1.92. The van der Waals surface area contributed by atoms with E-state index in [0.717, 1.165) is 30.9 Å². The van der Waals surface area contributed by atoms with E-state index < -0.39 is 5.97 Å². The normalized spacial score (nSPS) is 12.2. The summed E-state index contributed by atoms with van der Waals surface area (Å²) >= 11 is 0. The van der Waals surface area contributed by atoms with Crippen molar-refractivity contribution in [2.45, 2.75) is 25.2 Å². The third kappa shape index (κ3) is 5.38. The van der Waals surface area contributed by atoms with E-state index in [1.54, 1.807) is 6.08 Å². The third-order valence-electron chi connectivity index (χ3n) is 2.99. The number of rotatable bonds is 8. The van der Waals surface area contributed by atoms with Crippen LogP contribution in [0.15, 0.2) is 55.7 Å². The van der Waals surface area contributed by atoms with Crippen LogP contribution in [0, 0.1) is 0 Å². The Balaban J connectivity index is 2.69. The first kappa shape index (κ1) is 15.0. The molecule has 0 radical (unpaired) electrons. The minimum atomic E-state index is -0.933. The molecule has 2 heteroatoms. The Hall–Kier alpha value is -2.09. The molecule has 19 heavy (non-hydrogen) atoms. The summed E-state index contributed by atoms with van der Waals surface area (Å²) in [5, 5.41) is 8.57. The second-order valence-electron chi connectivity index (χ2n) is 4.40. The zero-order chi connectivity index (χ0) is 14.1. The smallest absolute Gasteiger partial charge is 0.328 e. The monoisotopic (exact) mass is 256 g/mol. The van der Waals surface area contributed by atoms with Gasteiger partial charge in [0.1, 0.15) is 0 Å². The zero-order valence-electron chi connectivity index (χ0n) is 11.1. The van der Waals surface area contributed by atoms with Crippen molar-refractivity contribution in [1.29, 1.82) is 0 Å². The number of hydrogen-bond donors (Lipinski definition) is 1. The summed E-state index contributed by atoms with van der Waals surface area (Å²) in [6, 6.07) is 7.92. The molecule has 0 saturated carbocycles. The Kier molecular flexibility index (Phi) is 6.37. The highest BCUT2D eigenvalue weighted by atomic mass is 16.4. The molecule has 0 fully saturated rings. The topological polar surface area (TPSA) is 37.3 Å². The first-order valence-corrected chi connectivity index (χ1v) is 6.41. The minimum absolute atomic E-state index is 0.345. The number of carboxylic acids is 1. The molecule has 1 aromatic carbocycles. The lowest BCUT2D eigenvalue weighted by molar-refractivity contribution is -0.131. The quantitative estimate of drug-likeness (QED) is 0.425. The largest absolute Gasteiger partial charge is 0.478 e. The lowest BCUT2D eigenvalue weighted by atomic mass is 9.93. The highest BCUT2D eigenvalue weighted by molar-refractivity contribution is 5.85. The number of aliphatic carboxylic acids is 1. The van der Waals surface area contributed by atoms with Gasteiger partial charge in [0.25, 0.3) is 0 Å². The highest BCUT2D eigenvalue weighted by Crippen LogP contribution is 2.23. The van der Waals surface area contributed by atoms with E-state index in [-0.39, 0.29) is 0 Å². The molecule has 100 valence electrons. The average Bonchev–Trinajstić information content (AvgIpc) is 2.42. The predicted molar refractivity (Wildman–Crippen MR) is 80.1 cm³/mol. The summed E-state index contributed by atoms with van der Waals surface area (Å²) < 4.78 is 0. The van der Waals surface area contributed by atoms with E-state index >= 15 is 0 Å². The van der Waals surface area contributed by atoms with Crippen molar-refractivity contribution >= 4 is 12.0 Å². The maximum absolute atomic E-state index is 10.4. The second kappa shape index (κ2) is 8.09. The van der Waals surface area contributed by atoms with E-state index in [4.69, 9.17) is 5.11 Å². The molecule has 0 heterocycles. The molecule has 0 aliphatic heterocycles. The molecule has 0 bridgehead atoms. The zero-order valence-corrected chi connectivity index (χ0v) is 11.1. The molecule has 1 unspecified atom stereocenters. The molecule has 0 aliphatic rings. The Labute approximate surface area is 114 Å². The van der Waals surface area contributed by atoms with Crippen molar-refractivity contribution in [3.05, 3.63) is 66.8 Å². The number of hydrogen-bond acceptors (Lipinski definition) is 1. The first-order valence-electron chi connectivity index (χ1n) is 6.41. The van der Waals surface area contributed by atoms with Crippen LogP contribution in [0.3, 0.4) is 0 Å². The van der Waals surface area contributed by atoms with Gasteiger partial charge >= 0.3 is 5.97 Å². The number of unbranched alkanes of at least 4 members (excludes halogenated alkanes) is 1. The van der Waals surface area contributed by atoms with Gasteiger partial charge < -0.3 is 5.11 Å². The van der Waals surface area contributed by atoms with E-state index in [2.05, 4.69) is 13.2 Å². The SMILES string of the molecule is C=CCCCC(C=C)c1ccc(/C=C/C(=O)O)cc1. The van der Waals surface area contributed by atoms with Gasteiger partial charge in [0.15, 0.2) is 0 Å². The highest BCUT2D eigenvalue weighted by Gasteiger charge is 2.06. The molecule has 0 aliphatic carbocycles. The molecular formula is C17H20O2. The van der Waals surface area contributed by atoms with E-state index in [1.807, 2.05) is 36.4 Å². The fraction of sp³-hybridized carbons (Fsp3) is 0.235. The molecule has 0 aromatic heterocycles. The Morgan fingerprint density at radius 2 is 1.95 bits per heavy atom. The molecule has 1 aromatic rings. The van der Waals surface area contributed by atoms with E-state index in [0.29, 0.717) is 5.92 Å². The van der Waals surface area contributed by atoms with Crippen molar-refractivity contribution in [1.82, 2.24) is 0 Å². The first-order chi connectivity index (χ1) is 9.17. The van der Waals surface area contributed by atoms with E-state index in [1.165, 1.54) is 5.56 Å². The van der Waals surface area contributed by atoms with Crippen LogP contribution in [0.1, 0.15) is 36.3 Å². The van der Waals surface area contributed by atoms with Crippen LogP contribution in [-0.4, -0.2) is 11.1 Å². The van der Waals surface area contributed by atoms with Gasteiger partial charge in [-0.05, 0) is 36.5 Å². The summed E-state index contributed by atoms with van der Waals surface area (Å²) in [6.45, 7) is 7.60. The summed E-state index contributed by atoms with van der Waals surface area (Å²) in [4.78, 5) is 10.4. The van der Waals surface area contributed by atoms with Gasteiger partial charge in [-0.15, -0.1) is 13.2 Å². The molecule has 2 nitrogen and oxygen atoms in total. The molecule has 0 spiro atoms. The summed E-state index contributed by atoms with van der Waals surface area (Å²) in [5.41, 5.74) is 2.10. The van der Waals surface area contributed by atoms with Crippen molar-refractivity contribution in [2.24, 2.45) is 0 Å². The maximum Gasteiger partial charge on any atom is 0.328 e. The Morgan fingerprint density at radius 3 is 2.47 bits per heavy atom. The maximum atomic E-state index is 10.4. The van der Waals surface area contributed by atoms with Crippen LogP contribution >= 0.6 is 0 Å². The summed E-state index contributed by atoms with van der Waals surface area (Å²) in [7, 11) is 0. The lowest BCUT2D eigenvalue weighted by Gasteiger charge is -2.12. The molecule has 0 saturated heterocycles. The van der Waals surface area contributed by atoms with Gasteiger partial charge in [-0.25, -0.2) is 4.79 Å². The van der Waals surface area contributed by atoms with Gasteiger partial charge in [0.05, 0.1) is 0 Å². The average molecular weight is 256 g/mol. The van der Waals surface area contributed by atoms with Crippen LogP contribution < -0.4 is 0 Å². The van der Waals surface area contributed by atoms with Gasteiger partial charge in [0, 0.05) is 12.0 Å². The number of carboxylic acid groups (broad SMARTS) is 1. The van der Waals surface area contributed by atoms with Crippen LogP contribution in [0.5, 0.6) is 0 Å². The van der Waals surface area contributed by atoms with Gasteiger partial charge in [-0.3, -0.25) is 0 Å². The summed E-state index contributed by atoms with van der Waals surface area (Å²) in [5.74, 6) is -0.588. The van der Waals surface area contributed by atoms with Crippen molar-refractivity contribution in [2.75, 3.05) is 0 Å². The van der Waals surface area contributed by atoms with Gasteiger partial charge in [0.2, 0.25) is 0 Å². The molecule has 1 N–H and O–H groups in total. The Morgan fingerprint density at radius 1 is 1.26 bits per heavy atom. The number of benzene rings is 1. The summed E-state index contributed by atoms with van der Waals surface area (Å²) in [6.07, 6.45) is 9.80. The van der Waals surface area contributed by atoms with Crippen LogP contribution in [0.25, 0.3) is 6.08 Å². The van der Waals surface area contributed by atoms with Crippen molar-refractivity contribution in [3.8, 4) is 0 Å². The molecular weight excluding hydrogens is 236 g/mol. The van der Waals surface area contributed by atoms with Crippen molar-refractivity contribution in [3.63, 3.8) is 0 Å². The van der Waals surface area contributed by atoms with E-state index in [9.17, 15) is 4.79 Å². The van der Waals surface area contributed by atoms with Crippen LogP contribution in [0.2, 0.25) is 0 Å². The molecule has 1 atom stereocenters. The van der Waals surface area contributed by atoms with Gasteiger partial charge in [-0.2, -0.15) is 0 Å². The lowest BCUT2D eigenvalue weighted by Crippen LogP contribution is -1.95. The second-order valence-corrected chi connectivity index (χ2v) is 4.40.